The second-order valence-corrected chi connectivity index (χ2v) is 6.27. The van der Waals surface area contributed by atoms with Crippen LogP contribution in [0.4, 0.5) is 0 Å². The highest BCUT2D eigenvalue weighted by Crippen LogP contribution is 2.33. The van der Waals surface area contributed by atoms with Crippen molar-refractivity contribution in [3.63, 3.8) is 0 Å². The fraction of sp³-hybridized carbons (Fsp3) is 0.750. The molecule has 0 unspecified atom stereocenters. The topological polar surface area (TPSA) is 12.9 Å². The van der Waals surface area contributed by atoms with Crippen LogP contribution in [0.3, 0.4) is 0 Å². The minimum absolute atomic E-state index is 0.0224. The summed E-state index contributed by atoms with van der Waals surface area (Å²) in [6.07, 6.45) is 3.09. The monoisotopic (exact) mass is 279 g/mol. The quantitative estimate of drug-likeness (QED) is 0.696. The van der Waals surface area contributed by atoms with Gasteiger partial charge in [0.05, 0.1) is 10.7 Å². The number of hydrogen-bond acceptors (Lipinski definition) is 2. The molecule has 0 N–H and O–H groups in total. The Kier molecular flexibility index (Phi) is 5.55. The maximum absolute atomic E-state index is 6.09. The number of rotatable bonds is 6. The minimum atomic E-state index is 0.0224. The van der Waals surface area contributed by atoms with Crippen LogP contribution in [-0.4, -0.2) is 16.7 Å². The molecule has 0 saturated carbocycles. The molecule has 0 saturated heterocycles. The van der Waals surface area contributed by atoms with Crippen LogP contribution in [0.1, 0.15) is 35.3 Å². The Hall–Kier alpha value is 0.210. The minimum Gasteiger partial charge on any atom is -0.246 e. The van der Waals surface area contributed by atoms with E-state index >= 15 is 0 Å². The van der Waals surface area contributed by atoms with E-state index in [4.69, 9.17) is 23.2 Å². The normalized spacial score (nSPS) is 12.1. The summed E-state index contributed by atoms with van der Waals surface area (Å²) in [5.74, 6) is 1.23. The maximum atomic E-state index is 6.09. The van der Waals surface area contributed by atoms with Gasteiger partial charge in [-0.05, 0) is 20.3 Å². The molecule has 0 aromatic carbocycles. The van der Waals surface area contributed by atoms with Crippen LogP contribution in [0.5, 0.6) is 0 Å². The van der Waals surface area contributed by atoms with Crippen LogP contribution in [0.2, 0.25) is 0 Å². The zero-order valence-corrected chi connectivity index (χ0v) is 12.5. The van der Waals surface area contributed by atoms with E-state index in [-0.39, 0.29) is 5.41 Å². The largest absolute Gasteiger partial charge is 0.246 e. The first kappa shape index (κ1) is 14.3. The van der Waals surface area contributed by atoms with E-state index in [0.717, 1.165) is 25.0 Å². The summed E-state index contributed by atoms with van der Waals surface area (Å²) < 4.78 is 0. The fourth-order valence-corrected chi connectivity index (χ4v) is 3.67. The Morgan fingerprint density at radius 3 is 2.25 bits per heavy atom. The van der Waals surface area contributed by atoms with Crippen molar-refractivity contribution >= 4 is 34.5 Å². The molecule has 1 rings (SSSR count). The van der Waals surface area contributed by atoms with Crippen molar-refractivity contribution in [2.45, 2.75) is 40.0 Å². The molecule has 0 aliphatic rings. The van der Waals surface area contributed by atoms with Gasteiger partial charge < -0.3 is 0 Å². The summed E-state index contributed by atoms with van der Waals surface area (Å²) in [6, 6.07) is 0. The first-order valence-corrected chi connectivity index (χ1v) is 7.50. The average Bonchev–Trinajstić information content (AvgIpc) is 2.57. The zero-order valence-electron chi connectivity index (χ0n) is 10.1. The van der Waals surface area contributed by atoms with Gasteiger partial charge in [-0.3, -0.25) is 0 Å². The number of aromatic nitrogens is 1. The Balaban J connectivity index is 2.82. The van der Waals surface area contributed by atoms with Crippen molar-refractivity contribution in [3.8, 4) is 0 Å². The predicted molar refractivity (Wildman–Crippen MR) is 74.1 cm³/mol. The molecule has 0 radical (unpaired) electrons. The van der Waals surface area contributed by atoms with Gasteiger partial charge in [-0.25, -0.2) is 4.98 Å². The third-order valence-electron chi connectivity index (χ3n) is 2.95. The standard InChI is InChI=1S/C12H19Cl2NS/c1-4-5-12(7-13,8-14)6-11-15-9(2)10(3)16-11/h4-8H2,1-3H3. The number of thiazole rings is 1. The van der Waals surface area contributed by atoms with Crippen molar-refractivity contribution in [1.29, 1.82) is 0 Å². The zero-order chi connectivity index (χ0) is 12.2. The lowest BCUT2D eigenvalue weighted by Gasteiger charge is -2.28. The predicted octanol–water partition coefficient (Wildman–Crippen LogP) is 4.57. The second-order valence-electron chi connectivity index (χ2n) is 4.44. The van der Waals surface area contributed by atoms with Gasteiger partial charge in [-0.1, -0.05) is 13.3 Å². The number of nitrogens with zero attached hydrogens (tertiary/aromatic N) is 1. The highest BCUT2D eigenvalue weighted by Gasteiger charge is 2.29. The van der Waals surface area contributed by atoms with Gasteiger partial charge in [0, 0.05) is 28.5 Å². The molecular formula is C12H19Cl2NS. The fourth-order valence-electron chi connectivity index (χ4n) is 1.82. The Bertz CT molecular complexity index is 312. The van der Waals surface area contributed by atoms with Gasteiger partial charge in [0.25, 0.3) is 0 Å². The summed E-state index contributed by atoms with van der Waals surface area (Å²) in [5, 5.41) is 1.17. The van der Waals surface area contributed by atoms with Gasteiger partial charge in [0.2, 0.25) is 0 Å². The highest BCUT2D eigenvalue weighted by atomic mass is 35.5. The van der Waals surface area contributed by atoms with Crippen LogP contribution < -0.4 is 0 Å². The SMILES string of the molecule is CCCC(CCl)(CCl)Cc1nc(C)c(C)s1. The first-order valence-electron chi connectivity index (χ1n) is 5.61. The van der Waals surface area contributed by atoms with Crippen LogP contribution in [0, 0.1) is 19.3 Å². The lowest BCUT2D eigenvalue weighted by molar-refractivity contribution is 0.340. The van der Waals surface area contributed by atoms with E-state index in [9.17, 15) is 0 Å². The molecule has 0 bridgehead atoms. The second kappa shape index (κ2) is 6.23. The van der Waals surface area contributed by atoms with E-state index in [1.165, 1.54) is 9.88 Å². The van der Waals surface area contributed by atoms with Crippen molar-refractivity contribution in [3.05, 3.63) is 15.6 Å². The summed E-state index contributed by atoms with van der Waals surface area (Å²) >= 11 is 14.0. The number of alkyl halides is 2. The van der Waals surface area contributed by atoms with Gasteiger partial charge in [0.15, 0.2) is 0 Å². The summed E-state index contributed by atoms with van der Waals surface area (Å²) in [7, 11) is 0. The summed E-state index contributed by atoms with van der Waals surface area (Å²) in [6.45, 7) is 6.34. The van der Waals surface area contributed by atoms with Crippen LogP contribution >= 0.6 is 34.5 Å². The van der Waals surface area contributed by atoms with E-state index in [1.807, 2.05) is 0 Å². The van der Waals surface area contributed by atoms with E-state index < -0.39 is 0 Å². The van der Waals surface area contributed by atoms with Gasteiger partial charge in [-0.2, -0.15) is 0 Å². The van der Waals surface area contributed by atoms with Crippen molar-refractivity contribution in [1.82, 2.24) is 4.98 Å². The van der Waals surface area contributed by atoms with Gasteiger partial charge in [0.1, 0.15) is 0 Å². The highest BCUT2D eigenvalue weighted by molar-refractivity contribution is 7.11. The number of hydrogen-bond donors (Lipinski definition) is 0. The van der Waals surface area contributed by atoms with Gasteiger partial charge in [-0.15, -0.1) is 34.5 Å². The lowest BCUT2D eigenvalue weighted by Crippen LogP contribution is -2.27. The van der Waals surface area contributed by atoms with Crippen molar-refractivity contribution < 1.29 is 0 Å². The first-order chi connectivity index (χ1) is 7.56. The molecule has 1 nitrogen and oxygen atoms in total. The molecule has 0 amide bonds. The lowest BCUT2D eigenvalue weighted by atomic mass is 9.84. The Morgan fingerprint density at radius 2 is 1.88 bits per heavy atom. The van der Waals surface area contributed by atoms with E-state index in [2.05, 4.69) is 25.8 Å². The molecular weight excluding hydrogens is 261 g/mol. The van der Waals surface area contributed by atoms with Crippen molar-refractivity contribution in [2.24, 2.45) is 5.41 Å². The van der Waals surface area contributed by atoms with Crippen LogP contribution in [0.25, 0.3) is 0 Å². The molecule has 1 aromatic rings. The molecule has 16 heavy (non-hydrogen) atoms. The van der Waals surface area contributed by atoms with Crippen LogP contribution in [0.15, 0.2) is 0 Å². The summed E-state index contributed by atoms with van der Waals surface area (Å²) in [4.78, 5) is 5.87. The molecule has 0 spiro atoms. The molecule has 4 heteroatoms. The third kappa shape index (κ3) is 3.35. The number of halogens is 2. The Labute approximate surface area is 112 Å². The number of aryl methyl sites for hydroxylation is 2. The molecule has 1 aromatic heterocycles. The maximum Gasteiger partial charge on any atom is 0.0937 e. The molecule has 0 aliphatic carbocycles. The third-order valence-corrected chi connectivity index (χ3v) is 5.15. The molecule has 0 atom stereocenters. The van der Waals surface area contributed by atoms with Crippen LogP contribution in [-0.2, 0) is 6.42 Å². The van der Waals surface area contributed by atoms with Gasteiger partial charge >= 0.3 is 0 Å². The molecule has 0 fully saturated rings. The average molecular weight is 280 g/mol. The Morgan fingerprint density at radius 1 is 1.25 bits per heavy atom. The van der Waals surface area contributed by atoms with Crippen molar-refractivity contribution in [2.75, 3.05) is 11.8 Å². The van der Waals surface area contributed by atoms with E-state index in [0.29, 0.717) is 11.8 Å². The smallest absolute Gasteiger partial charge is 0.0937 e. The molecule has 92 valence electrons. The summed E-state index contributed by atoms with van der Waals surface area (Å²) in [5.41, 5.74) is 1.16. The van der Waals surface area contributed by atoms with E-state index in [1.54, 1.807) is 11.3 Å². The molecule has 1 heterocycles. The molecule has 0 aliphatic heterocycles.